The number of aromatic nitrogens is 3. The maximum atomic E-state index is 4.54. The van der Waals surface area contributed by atoms with E-state index in [0.29, 0.717) is 11.8 Å². The van der Waals surface area contributed by atoms with Crippen LogP contribution in [0.25, 0.3) is 0 Å². The minimum Gasteiger partial charge on any atom is -0.339 e. The second-order valence-corrected chi connectivity index (χ2v) is 6.18. The molecule has 3 aromatic rings. The fourth-order valence-electron chi connectivity index (χ4n) is 2.70. The second kappa shape index (κ2) is 7.30. The van der Waals surface area contributed by atoms with E-state index in [0.717, 1.165) is 23.4 Å². The smallest absolute Gasteiger partial charge is 0.249 e. The molecule has 0 unspecified atom stereocenters. The molecule has 0 radical (unpaired) electrons. The third-order valence-electron chi connectivity index (χ3n) is 4.31. The lowest BCUT2D eigenvalue weighted by Gasteiger charge is -2.13. The Bertz CT molecular complexity index is 889. The average molecular weight is 333 g/mol. The van der Waals surface area contributed by atoms with Crippen molar-refractivity contribution in [1.29, 1.82) is 0 Å². The molecule has 0 spiro atoms. The number of nitrogens with one attached hydrogen (secondary N) is 2. The summed E-state index contributed by atoms with van der Waals surface area (Å²) < 4.78 is 0. The average Bonchev–Trinajstić information content (AvgIpc) is 2.60. The number of aryl methyl sites for hydroxylation is 4. The van der Waals surface area contributed by atoms with Gasteiger partial charge >= 0.3 is 0 Å². The van der Waals surface area contributed by atoms with Gasteiger partial charge in [-0.2, -0.15) is 10.1 Å². The van der Waals surface area contributed by atoms with Crippen LogP contribution in [0.1, 0.15) is 29.2 Å². The SMILES string of the molecule is CCc1cccc(C)c1Nc1nncc(Nc2ccc(C)c(C)c2)n1. The molecule has 0 aliphatic heterocycles. The summed E-state index contributed by atoms with van der Waals surface area (Å²) in [5.41, 5.74) is 6.93. The van der Waals surface area contributed by atoms with E-state index in [2.05, 4.69) is 83.8 Å². The summed E-state index contributed by atoms with van der Waals surface area (Å²) in [5, 5.41) is 14.8. The largest absolute Gasteiger partial charge is 0.339 e. The number of para-hydroxylation sites is 1. The first-order valence-electron chi connectivity index (χ1n) is 8.46. The van der Waals surface area contributed by atoms with Crippen molar-refractivity contribution in [2.75, 3.05) is 10.6 Å². The summed E-state index contributed by atoms with van der Waals surface area (Å²) in [6.07, 6.45) is 2.57. The Hall–Kier alpha value is -2.95. The van der Waals surface area contributed by atoms with Crippen LogP contribution in [0.5, 0.6) is 0 Å². The van der Waals surface area contributed by atoms with E-state index < -0.39 is 0 Å². The molecule has 3 rings (SSSR count). The molecule has 25 heavy (non-hydrogen) atoms. The molecule has 0 atom stereocenters. The maximum absolute atomic E-state index is 4.54. The molecule has 0 aliphatic rings. The molecule has 0 saturated heterocycles. The lowest BCUT2D eigenvalue weighted by atomic mass is 10.1. The third kappa shape index (κ3) is 3.94. The van der Waals surface area contributed by atoms with Gasteiger partial charge in [0.05, 0.1) is 6.20 Å². The standard InChI is InChI=1S/C20H23N5/c1-5-16-8-6-7-14(3)19(16)24-20-23-18(12-21-25-20)22-17-10-9-13(2)15(4)11-17/h6-12H,5H2,1-4H3,(H2,22,23,24,25). The van der Waals surface area contributed by atoms with Crippen molar-refractivity contribution in [3.63, 3.8) is 0 Å². The van der Waals surface area contributed by atoms with E-state index >= 15 is 0 Å². The van der Waals surface area contributed by atoms with Crippen molar-refractivity contribution in [2.24, 2.45) is 0 Å². The van der Waals surface area contributed by atoms with Crippen LogP contribution in [0, 0.1) is 20.8 Å². The summed E-state index contributed by atoms with van der Waals surface area (Å²) in [5.74, 6) is 1.14. The fourth-order valence-corrected chi connectivity index (χ4v) is 2.70. The quantitative estimate of drug-likeness (QED) is 0.699. The van der Waals surface area contributed by atoms with Crippen LogP contribution in [-0.2, 0) is 6.42 Å². The van der Waals surface area contributed by atoms with Gasteiger partial charge in [-0.05, 0) is 61.6 Å². The molecule has 5 nitrogen and oxygen atoms in total. The van der Waals surface area contributed by atoms with Crippen molar-refractivity contribution in [2.45, 2.75) is 34.1 Å². The minimum atomic E-state index is 0.484. The first-order valence-corrected chi connectivity index (χ1v) is 8.46. The Kier molecular flexibility index (Phi) is 4.93. The topological polar surface area (TPSA) is 62.7 Å². The van der Waals surface area contributed by atoms with Crippen LogP contribution >= 0.6 is 0 Å². The molecular weight excluding hydrogens is 310 g/mol. The highest BCUT2D eigenvalue weighted by Gasteiger charge is 2.08. The Labute approximate surface area is 148 Å². The number of nitrogens with zero attached hydrogens (tertiary/aromatic N) is 3. The van der Waals surface area contributed by atoms with Gasteiger partial charge in [-0.1, -0.05) is 31.2 Å². The maximum Gasteiger partial charge on any atom is 0.249 e. The zero-order valence-corrected chi connectivity index (χ0v) is 15.1. The predicted octanol–water partition coefficient (Wildman–Crippen LogP) is 4.85. The fraction of sp³-hybridized carbons (Fsp3) is 0.250. The van der Waals surface area contributed by atoms with Crippen molar-refractivity contribution in [3.8, 4) is 0 Å². The molecule has 2 N–H and O–H groups in total. The van der Waals surface area contributed by atoms with E-state index in [-0.39, 0.29) is 0 Å². The lowest BCUT2D eigenvalue weighted by molar-refractivity contribution is 0.979. The summed E-state index contributed by atoms with van der Waals surface area (Å²) in [6, 6.07) is 12.5. The van der Waals surface area contributed by atoms with Gasteiger partial charge in [0.2, 0.25) is 5.95 Å². The molecule has 1 aromatic heterocycles. The highest BCUT2D eigenvalue weighted by Crippen LogP contribution is 2.24. The molecule has 0 aliphatic carbocycles. The van der Waals surface area contributed by atoms with E-state index in [1.165, 1.54) is 16.7 Å². The minimum absolute atomic E-state index is 0.484. The van der Waals surface area contributed by atoms with E-state index in [4.69, 9.17) is 0 Å². The monoisotopic (exact) mass is 333 g/mol. The summed E-state index contributed by atoms with van der Waals surface area (Å²) in [7, 11) is 0. The zero-order valence-electron chi connectivity index (χ0n) is 15.1. The number of hydrogen-bond donors (Lipinski definition) is 2. The molecule has 0 fully saturated rings. The highest BCUT2D eigenvalue weighted by atomic mass is 15.3. The van der Waals surface area contributed by atoms with Crippen LogP contribution < -0.4 is 10.6 Å². The molecule has 0 amide bonds. The molecule has 0 bridgehead atoms. The van der Waals surface area contributed by atoms with Gasteiger partial charge in [-0.3, -0.25) is 0 Å². The summed E-state index contributed by atoms with van der Waals surface area (Å²) in [6.45, 7) is 8.40. The van der Waals surface area contributed by atoms with E-state index in [1.54, 1.807) is 6.20 Å². The zero-order chi connectivity index (χ0) is 17.8. The molecule has 128 valence electrons. The second-order valence-electron chi connectivity index (χ2n) is 6.18. The van der Waals surface area contributed by atoms with Crippen molar-refractivity contribution >= 4 is 23.1 Å². The van der Waals surface area contributed by atoms with Crippen LogP contribution in [0.3, 0.4) is 0 Å². The lowest BCUT2D eigenvalue weighted by Crippen LogP contribution is -2.05. The normalized spacial score (nSPS) is 10.6. The third-order valence-corrected chi connectivity index (χ3v) is 4.31. The highest BCUT2D eigenvalue weighted by molar-refractivity contribution is 5.64. The van der Waals surface area contributed by atoms with Gasteiger partial charge in [0.25, 0.3) is 0 Å². The van der Waals surface area contributed by atoms with Crippen molar-refractivity contribution < 1.29 is 0 Å². The van der Waals surface area contributed by atoms with Gasteiger partial charge in [0, 0.05) is 11.4 Å². The number of rotatable bonds is 5. The van der Waals surface area contributed by atoms with Gasteiger partial charge < -0.3 is 10.6 Å². The Morgan fingerprint density at radius 1 is 0.920 bits per heavy atom. The summed E-state index contributed by atoms with van der Waals surface area (Å²) >= 11 is 0. The van der Waals surface area contributed by atoms with Gasteiger partial charge in [-0.25, -0.2) is 0 Å². The number of hydrogen-bond acceptors (Lipinski definition) is 5. The Morgan fingerprint density at radius 3 is 2.52 bits per heavy atom. The van der Waals surface area contributed by atoms with Gasteiger partial charge in [0.1, 0.15) is 0 Å². The van der Waals surface area contributed by atoms with Crippen molar-refractivity contribution in [3.05, 3.63) is 64.8 Å². The Balaban J connectivity index is 1.83. The van der Waals surface area contributed by atoms with Gasteiger partial charge in [-0.15, -0.1) is 5.10 Å². The molecule has 1 heterocycles. The molecule has 0 saturated carbocycles. The van der Waals surface area contributed by atoms with Crippen LogP contribution in [-0.4, -0.2) is 15.2 Å². The summed E-state index contributed by atoms with van der Waals surface area (Å²) in [4.78, 5) is 4.54. The molecule has 5 heteroatoms. The molecular formula is C20H23N5. The predicted molar refractivity (Wildman–Crippen MR) is 103 cm³/mol. The van der Waals surface area contributed by atoms with Gasteiger partial charge in [0.15, 0.2) is 5.82 Å². The first kappa shape index (κ1) is 16.9. The van der Waals surface area contributed by atoms with Crippen LogP contribution in [0.2, 0.25) is 0 Å². The van der Waals surface area contributed by atoms with E-state index in [9.17, 15) is 0 Å². The first-order chi connectivity index (χ1) is 12.1. The van der Waals surface area contributed by atoms with E-state index in [1.807, 2.05) is 6.07 Å². The van der Waals surface area contributed by atoms with Crippen LogP contribution in [0.15, 0.2) is 42.6 Å². The Morgan fingerprint density at radius 2 is 1.76 bits per heavy atom. The number of benzene rings is 2. The molecule has 2 aromatic carbocycles. The number of anilines is 4. The van der Waals surface area contributed by atoms with Crippen LogP contribution in [0.4, 0.5) is 23.1 Å². The van der Waals surface area contributed by atoms with Crippen molar-refractivity contribution in [1.82, 2.24) is 15.2 Å².